The molecule has 2 aromatic carbocycles. The fourth-order valence-corrected chi connectivity index (χ4v) is 2.78. The molecular weight excluding hydrogens is 304 g/mol. The van der Waals surface area contributed by atoms with Crippen molar-refractivity contribution in [2.75, 3.05) is 7.11 Å². The molecule has 0 aliphatic rings. The van der Waals surface area contributed by atoms with Crippen LogP contribution in [0.5, 0.6) is 11.5 Å². The van der Waals surface area contributed by atoms with Crippen LogP contribution in [-0.2, 0) is 13.0 Å². The molecule has 0 saturated heterocycles. The van der Waals surface area contributed by atoms with Crippen LogP contribution in [0.2, 0.25) is 0 Å². The Hall–Kier alpha value is -2.75. The molecule has 124 valence electrons. The van der Waals surface area contributed by atoms with Crippen LogP contribution in [0.3, 0.4) is 0 Å². The van der Waals surface area contributed by atoms with Crippen molar-refractivity contribution in [2.45, 2.75) is 26.9 Å². The van der Waals surface area contributed by atoms with E-state index in [9.17, 15) is 4.79 Å². The van der Waals surface area contributed by atoms with Crippen LogP contribution in [0.1, 0.15) is 23.6 Å². The minimum absolute atomic E-state index is 0.347. The number of hydrogen-bond acceptors (Lipinski definition) is 4. The predicted molar refractivity (Wildman–Crippen MR) is 93.9 cm³/mol. The van der Waals surface area contributed by atoms with Gasteiger partial charge in [-0.1, -0.05) is 25.1 Å². The van der Waals surface area contributed by atoms with Crippen LogP contribution in [0.25, 0.3) is 11.0 Å². The normalized spacial score (nSPS) is 10.8. The van der Waals surface area contributed by atoms with Crippen LogP contribution in [0.15, 0.2) is 51.7 Å². The molecule has 4 heteroatoms. The van der Waals surface area contributed by atoms with Crippen LogP contribution in [0, 0.1) is 6.92 Å². The molecule has 0 atom stereocenters. The second kappa shape index (κ2) is 6.79. The Morgan fingerprint density at radius 1 is 1.04 bits per heavy atom. The van der Waals surface area contributed by atoms with E-state index in [0.29, 0.717) is 12.2 Å². The summed E-state index contributed by atoms with van der Waals surface area (Å²) in [7, 11) is 1.64. The first-order valence-corrected chi connectivity index (χ1v) is 7.94. The lowest BCUT2D eigenvalue weighted by atomic mass is 10.1. The third-order valence-corrected chi connectivity index (χ3v) is 4.09. The van der Waals surface area contributed by atoms with Gasteiger partial charge in [0, 0.05) is 23.1 Å². The van der Waals surface area contributed by atoms with Gasteiger partial charge >= 0.3 is 5.63 Å². The highest BCUT2D eigenvalue weighted by Gasteiger charge is 2.11. The number of para-hydroxylation sites is 1. The standard InChI is InChI=1S/C20H20O4/c1-4-14-10-16-13(2)9-20(21)24-19(16)11-18(14)23-12-15-7-5-6-8-17(15)22-3/h5-11H,4,12H2,1-3H3. The van der Waals surface area contributed by atoms with Gasteiger partial charge in [-0.05, 0) is 36.6 Å². The fourth-order valence-electron chi connectivity index (χ4n) is 2.78. The van der Waals surface area contributed by atoms with Crippen LogP contribution in [0.4, 0.5) is 0 Å². The summed E-state index contributed by atoms with van der Waals surface area (Å²) in [5.41, 5.74) is 3.15. The van der Waals surface area contributed by atoms with E-state index in [1.54, 1.807) is 13.2 Å². The molecule has 0 N–H and O–H groups in total. The zero-order chi connectivity index (χ0) is 17.1. The van der Waals surface area contributed by atoms with Gasteiger partial charge < -0.3 is 13.9 Å². The molecule has 0 spiro atoms. The molecule has 0 amide bonds. The highest BCUT2D eigenvalue weighted by Crippen LogP contribution is 2.29. The number of benzene rings is 2. The molecular formula is C20H20O4. The summed E-state index contributed by atoms with van der Waals surface area (Å²) in [6.45, 7) is 4.37. The summed E-state index contributed by atoms with van der Waals surface area (Å²) in [4.78, 5) is 11.6. The van der Waals surface area contributed by atoms with Gasteiger partial charge in [-0.25, -0.2) is 4.79 Å². The third-order valence-electron chi connectivity index (χ3n) is 4.09. The highest BCUT2D eigenvalue weighted by atomic mass is 16.5. The van der Waals surface area contributed by atoms with Gasteiger partial charge in [0.05, 0.1) is 7.11 Å². The first-order chi connectivity index (χ1) is 11.6. The molecule has 0 radical (unpaired) electrons. The number of rotatable bonds is 5. The largest absolute Gasteiger partial charge is 0.496 e. The second-order valence-electron chi connectivity index (χ2n) is 5.66. The van der Waals surface area contributed by atoms with Gasteiger partial charge in [0.15, 0.2) is 0 Å². The zero-order valence-corrected chi connectivity index (χ0v) is 14.1. The van der Waals surface area contributed by atoms with Crippen molar-refractivity contribution in [1.29, 1.82) is 0 Å². The maximum atomic E-state index is 11.6. The number of hydrogen-bond donors (Lipinski definition) is 0. The van der Waals surface area contributed by atoms with E-state index in [1.165, 1.54) is 6.07 Å². The number of aryl methyl sites for hydroxylation is 2. The molecule has 0 aliphatic heterocycles. The molecule has 0 saturated carbocycles. The second-order valence-corrected chi connectivity index (χ2v) is 5.66. The highest BCUT2D eigenvalue weighted by molar-refractivity contribution is 5.82. The summed E-state index contributed by atoms with van der Waals surface area (Å²) in [5.74, 6) is 1.52. The smallest absolute Gasteiger partial charge is 0.336 e. The van der Waals surface area contributed by atoms with E-state index >= 15 is 0 Å². The molecule has 1 heterocycles. The molecule has 3 rings (SSSR count). The molecule has 0 bridgehead atoms. The SMILES string of the molecule is CCc1cc2c(C)cc(=O)oc2cc1OCc1ccccc1OC. The summed E-state index contributed by atoms with van der Waals surface area (Å²) < 4.78 is 16.7. The lowest BCUT2D eigenvalue weighted by molar-refractivity contribution is 0.294. The average molecular weight is 324 g/mol. The van der Waals surface area contributed by atoms with Crippen molar-refractivity contribution < 1.29 is 13.9 Å². The number of ether oxygens (including phenoxy) is 2. The van der Waals surface area contributed by atoms with Gasteiger partial charge in [-0.2, -0.15) is 0 Å². The fraction of sp³-hybridized carbons (Fsp3) is 0.250. The summed E-state index contributed by atoms with van der Waals surface area (Å²) in [6, 6.07) is 13.1. The van der Waals surface area contributed by atoms with E-state index in [0.717, 1.165) is 40.0 Å². The maximum Gasteiger partial charge on any atom is 0.336 e. The van der Waals surface area contributed by atoms with Crippen LogP contribution in [-0.4, -0.2) is 7.11 Å². The van der Waals surface area contributed by atoms with E-state index in [-0.39, 0.29) is 5.63 Å². The van der Waals surface area contributed by atoms with Crippen molar-refractivity contribution >= 4 is 11.0 Å². The summed E-state index contributed by atoms with van der Waals surface area (Å²) in [5, 5.41) is 0.941. The quantitative estimate of drug-likeness (QED) is 0.658. The lowest BCUT2D eigenvalue weighted by Gasteiger charge is -2.14. The van der Waals surface area contributed by atoms with E-state index in [4.69, 9.17) is 13.9 Å². The van der Waals surface area contributed by atoms with Crippen LogP contribution >= 0.6 is 0 Å². The molecule has 4 nitrogen and oxygen atoms in total. The Morgan fingerprint density at radius 3 is 2.58 bits per heavy atom. The molecule has 0 aliphatic carbocycles. The van der Waals surface area contributed by atoms with Gasteiger partial charge in [-0.15, -0.1) is 0 Å². The van der Waals surface area contributed by atoms with Gasteiger partial charge in [-0.3, -0.25) is 0 Å². The first kappa shape index (κ1) is 16.1. The Bertz CT molecular complexity index is 925. The Kier molecular flexibility index (Phi) is 4.56. The van der Waals surface area contributed by atoms with Gasteiger partial charge in [0.25, 0.3) is 0 Å². The molecule has 0 fully saturated rings. The van der Waals surface area contributed by atoms with Gasteiger partial charge in [0.1, 0.15) is 23.7 Å². The van der Waals surface area contributed by atoms with Crippen molar-refractivity contribution in [3.8, 4) is 11.5 Å². The van der Waals surface area contributed by atoms with Crippen molar-refractivity contribution in [3.05, 3.63) is 69.6 Å². The van der Waals surface area contributed by atoms with Crippen LogP contribution < -0.4 is 15.1 Å². The number of fused-ring (bicyclic) bond motifs is 1. The minimum Gasteiger partial charge on any atom is -0.496 e. The Balaban J connectivity index is 1.98. The van der Waals surface area contributed by atoms with Gasteiger partial charge in [0.2, 0.25) is 0 Å². The van der Waals surface area contributed by atoms with Crippen molar-refractivity contribution in [3.63, 3.8) is 0 Å². The molecule has 0 unspecified atom stereocenters. The average Bonchev–Trinajstić information content (AvgIpc) is 2.59. The monoisotopic (exact) mass is 324 g/mol. The molecule has 3 aromatic rings. The topological polar surface area (TPSA) is 48.7 Å². The minimum atomic E-state index is -0.347. The Morgan fingerprint density at radius 2 is 1.83 bits per heavy atom. The van der Waals surface area contributed by atoms with E-state index in [2.05, 4.69) is 6.92 Å². The molecule has 1 aromatic heterocycles. The van der Waals surface area contributed by atoms with Crippen molar-refractivity contribution in [2.24, 2.45) is 0 Å². The number of methoxy groups -OCH3 is 1. The van der Waals surface area contributed by atoms with Crippen molar-refractivity contribution in [1.82, 2.24) is 0 Å². The maximum absolute atomic E-state index is 11.6. The molecule has 24 heavy (non-hydrogen) atoms. The zero-order valence-electron chi connectivity index (χ0n) is 14.1. The third kappa shape index (κ3) is 3.13. The summed E-state index contributed by atoms with van der Waals surface area (Å²) in [6.07, 6.45) is 0.829. The van der Waals surface area contributed by atoms with E-state index in [1.807, 2.05) is 37.3 Å². The van der Waals surface area contributed by atoms with E-state index < -0.39 is 0 Å². The lowest BCUT2D eigenvalue weighted by Crippen LogP contribution is -2.02. The first-order valence-electron chi connectivity index (χ1n) is 7.94. The predicted octanol–water partition coefficient (Wildman–Crippen LogP) is 4.25. The summed E-state index contributed by atoms with van der Waals surface area (Å²) >= 11 is 0. The Labute approximate surface area is 140 Å².